The molecule has 0 aromatic carbocycles. The van der Waals surface area contributed by atoms with Gasteiger partial charge in [0.25, 0.3) is 11.4 Å². The van der Waals surface area contributed by atoms with Crippen molar-refractivity contribution in [3.05, 3.63) is 38.9 Å². The molecular formula is C15H17ClN6O3. The molecule has 9 nitrogen and oxygen atoms in total. The Balaban J connectivity index is 0.00000182. The van der Waals surface area contributed by atoms with Crippen LogP contribution in [0.15, 0.2) is 26.4 Å². The summed E-state index contributed by atoms with van der Waals surface area (Å²) in [5.41, 5.74) is 5.56. The van der Waals surface area contributed by atoms with Gasteiger partial charge in [-0.3, -0.25) is 14.3 Å². The van der Waals surface area contributed by atoms with Crippen molar-refractivity contribution in [2.24, 2.45) is 12.8 Å². The zero-order chi connectivity index (χ0) is 16.9. The van der Waals surface area contributed by atoms with Crippen molar-refractivity contribution in [3.8, 4) is 11.5 Å². The van der Waals surface area contributed by atoms with Crippen molar-refractivity contribution in [1.29, 1.82) is 0 Å². The molecule has 132 valence electrons. The molecule has 1 saturated carbocycles. The molecular weight excluding hydrogens is 348 g/mol. The number of rotatable bonds is 2. The summed E-state index contributed by atoms with van der Waals surface area (Å²) in [5, 5.41) is 4.28. The van der Waals surface area contributed by atoms with Gasteiger partial charge in [-0.25, -0.2) is 9.78 Å². The van der Waals surface area contributed by atoms with Crippen molar-refractivity contribution >= 4 is 23.4 Å². The lowest BCUT2D eigenvalue weighted by Crippen LogP contribution is -2.34. The molecule has 3 aromatic rings. The first kappa shape index (κ1) is 17.3. The Hall–Kier alpha value is -2.52. The molecule has 0 saturated heterocycles. The van der Waals surface area contributed by atoms with Crippen LogP contribution in [0.2, 0.25) is 0 Å². The molecule has 3 N–H and O–H groups in total. The van der Waals surface area contributed by atoms with Gasteiger partial charge in [-0.1, -0.05) is 18.0 Å². The van der Waals surface area contributed by atoms with Crippen LogP contribution >= 0.6 is 12.4 Å². The number of fused-ring (bicyclic) bond motifs is 1. The molecule has 1 aliphatic rings. The number of nitrogens with zero attached hydrogens (tertiary/aromatic N) is 4. The molecule has 0 spiro atoms. The van der Waals surface area contributed by atoms with E-state index in [9.17, 15) is 9.59 Å². The van der Waals surface area contributed by atoms with Crippen LogP contribution in [0.3, 0.4) is 0 Å². The van der Waals surface area contributed by atoms with E-state index in [0.29, 0.717) is 17.0 Å². The van der Waals surface area contributed by atoms with Gasteiger partial charge in [0, 0.05) is 13.2 Å². The Morgan fingerprint density at radius 1 is 1.32 bits per heavy atom. The topological polar surface area (TPSA) is 133 Å². The predicted molar refractivity (Wildman–Crippen MR) is 92.5 cm³/mol. The van der Waals surface area contributed by atoms with Gasteiger partial charge in [0.15, 0.2) is 5.82 Å². The minimum Gasteiger partial charge on any atom is -0.334 e. The molecule has 3 heterocycles. The largest absolute Gasteiger partial charge is 0.334 e. The number of pyridine rings is 1. The second-order valence-corrected chi connectivity index (χ2v) is 6.20. The summed E-state index contributed by atoms with van der Waals surface area (Å²) >= 11 is 0. The lowest BCUT2D eigenvalue weighted by Gasteiger charge is -2.17. The summed E-state index contributed by atoms with van der Waals surface area (Å²) < 4.78 is 6.58. The van der Waals surface area contributed by atoms with Crippen LogP contribution in [0.1, 0.15) is 31.5 Å². The zero-order valence-electron chi connectivity index (χ0n) is 13.5. The quantitative estimate of drug-likeness (QED) is 0.687. The molecule has 0 amide bonds. The van der Waals surface area contributed by atoms with Crippen LogP contribution in [-0.2, 0) is 12.6 Å². The first-order chi connectivity index (χ1) is 11.5. The lowest BCUT2D eigenvalue weighted by molar-refractivity contribution is 0.372. The number of aromatic amines is 1. The number of halogens is 1. The highest BCUT2D eigenvalue weighted by atomic mass is 35.5. The van der Waals surface area contributed by atoms with Gasteiger partial charge in [-0.15, -0.1) is 12.4 Å². The van der Waals surface area contributed by atoms with E-state index >= 15 is 0 Å². The number of hydrogen-bond donors (Lipinski definition) is 2. The van der Waals surface area contributed by atoms with Gasteiger partial charge in [-0.2, -0.15) is 4.98 Å². The molecule has 4 rings (SSSR count). The molecule has 1 fully saturated rings. The molecule has 0 atom stereocenters. The number of aryl methyl sites for hydroxylation is 1. The normalized spacial score (nSPS) is 16.1. The van der Waals surface area contributed by atoms with Crippen molar-refractivity contribution in [2.45, 2.75) is 31.2 Å². The SMILES string of the molecule is Cl.Cn1c(=O)[nH]c(=O)c2cc(-c3nc(C4(N)CCCC4)no3)cnc21. The van der Waals surface area contributed by atoms with Crippen LogP contribution in [-0.4, -0.2) is 24.7 Å². The zero-order valence-corrected chi connectivity index (χ0v) is 14.3. The highest BCUT2D eigenvalue weighted by Crippen LogP contribution is 2.35. The van der Waals surface area contributed by atoms with E-state index < -0.39 is 16.8 Å². The van der Waals surface area contributed by atoms with E-state index in [-0.39, 0.29) is 23.7 Å². The van der Waals surface area contributed by atoms with E-state index in [0.717, 1.165) is 25.7 Å². The maximum Gasteiger partial charge on any atom is 0.329 e. The van der Waals surface area contributed by atoms with Gasteiger partial charge >= 0.3 is 5.69 Å². The first-order valence-electron chi connectivity index (χ1n) is 7.70. The summed E-state index contributed by atoms with van der Waals surface area (Å²) in [5.74, 6) is 0.730. The summed E-state index contributed by atoms with van der Waals surface area (Å²) in [6, 6.07) is 1.58. The fraction of sp³-hybridized carbons (Fsp3) is 0.400. The Kier molecular flexibility index (Phi) is 4.21. The van der Waals surface area contributed by atoms with Crippen molar-refractivity contribution < 1.29 is 4.52 Å². The van der Waals surface area contributed by atoms with Crippen molar-refractivity contribution in [1.82, 2.24) is 24.7 Å². The van der Waals surface area contributed by atoms with Crippen molar-refractivity contribution in [3.63, 3.8) is 0 Å². The highest BCUT2D eigenvalue weighted by Gasteiger charge is 2.36. The van der Waals surface area contributed by atoms with Gasteiger partial charge in [0.05, 0.1) is 16.5 Å². The Labute approximate surface area is 147 Å². The van der Waals surface area contributed by atoms with Crippen LogP contribution in [0.5, 0.6) is 0 Å². The van der Waals surface area contributed by atoms with E-state index in [1.807, 2.05) is 0 Å². The van der Waals surface area contributed by atoms with Gasteiger partial charge < -0.3 is 10.3 Å². The highest BCUT2D eigenvalue weighted by molar-refractivity contribution is 5.85. The Morgan fingerprint density at radius 3 is 2.76 bits per heavy atom. The number of nitrogens with one attached hydrogen (secondary N) is 1. The number of nitrogens with two attached hydrogens (primary N) is 1. The predicted octanol–water partition coefficient (Wildman–Crippen LogP) is 0.822. The maximum atomic E-state index is 12.0. The van der Waals surface area contributed by atoms with E-state index in [1.165, 1.54) is 17.8 Å². The molecule has 1 aliphatic carbocycles. The minimum atomic E-state index is -0.548. The Bertz CT molecular complexity index is 1050. The average molecular weight is 365 g/mol. The lowest BCUT2D eigenvalue weighted by atomic mass is 9.99. The van der Waals surface area contributed by atoms with Crippen LogP contribution in [0, 0.1) is 0 Å². The fourth-order valence-corrected chi connectivity index (χ4v) is 3.13. The summed E-state index contributed by atoms with van der Waals surface area (Å²) in [6.45, 7) is 0. The smallest absolute Gasteiger partial charge is 0.329 e. The third kappa shape index (κ3) is 2.75. The van der Waals surface area contributed by atoms with Crippen molar-refractivity contribution in [2.75, 3.05) is 0 Å². The minimum absolute atomic E-state index is 0. The molecule has 0 aliphatic heterocycles. The standard InChI is InChI=1S/C15H16N6O3.ClH/c1-21-10-9(11(22)18-14(21)23)6-8(7-17-10)12-19-13(20-24-12)15(16)4-2-3-5-15;/h6-7H,2-5,16H2,1H3,(H,18,22,23);1H. The second kappa shape index (κ2) is 6.08. The molecule has 0 radical (unpaired) electrons. The van der Waals surface area contributed by atoms with E-state index in [2.05, 4.69) is 20.1 Å². The third-order valence-corrected chi connectivity index (χ3v) is 4.57. The first-order valence-corrected chi connectivity index (χ1v) is 7.70. The molecule has 3 aromatic heterocycles. The average Bonchev–Trinajstić information content (AvgIpc) is 3.22. The maximum absolute atomic E-state index is 12.0. The summed E-state index contributed by atoms with van der Waals surface area (Å²) in [7, 11) is 1.54. The molecule has 0 unspecified atom stereocenters. The summed E-state index contributed by atoms with van der Waals surface area (Å²) in [4.78, 5) is 34.4. The molecule has 25 heavy (non-hydrogen) atoms. The monoisotopic (exact) mass is 364 g/mol. The van der Waals surface area contributed by atoms with E-state index in [1.54, 1.807) is 6.07 Å². The van der Waals surface area contributed by atoms with Crippen LogP contribution in [0.4, 0.5) is 0 Å². The van der Waals surface area contributed by atoms with Crippen LogP contribution in [0.25, 0.3) is 22.5 Å². The molecule has 10 heteroatoms. The van der Waals surface area contributed by atoms with Crippen LogP contribution < -0.4 is 17.0 Å². The van der Waals surface area contributed by atoms with Gasteiger partial charge in [0.1, 0.15) is 5.65 Å². The fourth-order valence-electron chi connectivity index (χ4n) is 3.13. The Morgan fingerprint density at radius 2 is 2.04 bits per heavy atom. The van der Waals surface area contributed by atoms with E-state index in [4.69, 9.17) is 10.3 Å². The summed E-state index contributed by atoms with van der Waals surface area (Å²) in [6.07, 6.45) is 5.23. The number of aromatic nitrogens is 5. The third-order valence-electron chi connectivity index (χ3n) is 4.57. The number of hydrogen-bond acceptors (Lipinski definition) is 7. The van der Waals surface area contributed by atoms with Gasteiger partial charge in [0.2, 0.25) is 0 Å². The molecule has 0 bridgehead atoms. The second-order valence-electron chi connectivity index (χ2n) is 6.20. The van der Waals surface area contributed by atoms with Gasteiger partial charge in [-0.05, 0) is 18.9 Å². The number of H-pyrrole nitrogens is 1.